The Bertz CT molecular complexity index is 688. The van der Waals surface area contributed by atoms with Crippen molar-refractivity contribution in [2.24, 2.45) is 0 Å². The number of amides is 1. The molecule has 0 fully saturated rings. The maximum absolute atomic E-state index is 12.1. The van der Waals surface area contributed by atoms with Gasteiger partial charge in [-0.05, 0) is 24.6 Å². The molecular weight excluding hydrogens is 282 g/mol. The summed E-state index contributed by atoms with van der Waals surface area (Å²) in [5, 5.41) is 13.3. The summed E-state index contributed by atoms with van der Waals surface area (Å²) >= 11 is 5.89. The largest absolute Gasteiger partial charge is 0.322 e. The van der Waals surface area contributed by atoms with Crippen molar-refractivity contribution in [3.8, 4) is 0 Å². The number of hydrogen-bond donors (Lipinski definition) is 1. The Morgan fingerprint density at radius 1 is 1.40 bits per heavy atom. The average molecular weight is 292 g/mol. The molecule has 2 rings (SSSR count). The van der Waals surface area contributed by atoms with E-state index < -0.39 is 10.8 Å². The molecule has 20 heavy (non-hydrogen) atoms. The van der Waals surface area contributed by atoms with Crippen LogP contribution in [-0.4, -0.2) is 15.8 Å². The zero-order chi connectivity index (χ0) is 14.7. The van der Waals surface area contributed by atoms with Crippen LogP contribution in [0.2, 0.25) is 5.02 Å². The van der Waals surface area contributed by atoms with Crippen molar-refractivity contribution in [1.82, 2.24) is 4.98 Å². The number of carbonyl (C=O) groups excluding carboxylic acids is 1. The van der Waals surface area contributed by atoms with Gasteiger partial charge in [-0.3, -0.25) is 19.9 Å². The van der Waals surface area contributed by atoms with E-state index in [0.717, 1.165) is 5.56 Å². The number of aromatic nitrogens is 1. The van der Waals surface area contributed by atoms with Crippen molar-refractivity contribution >= 4 is 28.9 Å². The fourth-order valence-electron chi connectivity index (χ4n) is 1.64. The molecule has 1 heterocycles. The van der Waals surface area contributed by atoms with Crippen molar-refractivity contribution in [3.05, 3.63) is 62.9 Å². The van der Waals surface area contributed by atoms with Gasteiger partial charge in [0.1, 0.15) is 5.02 Å². The van der Waals surface area contributed by atoms with E-state index in [2.05, 4.69) is 10.3 Å². The number of hydrogen-bond acceptors (Lipinski definition) is 4. The zero-order valence-electron chi connectivity index (χ0n) is 10.5. The molecule has 1 aromatic carbocycles. The number of anilines is 1. The lowest BCUT2D eigenvalue weighted by molar-refractivity contribution is -0.384. The highest BCUT2D eigenvalue weighted by atomic mass is 35.5. The van der Waals surface area contributed by atoms with Crippen LogP contribution in [0.5, 0.6) is 0 Å². The molecule has 0 radical (unpaired) electrons. The van der Waals surface area contributed by atoms with Crippen LogP contribution in [0.1, 0.15) is 15.9 Å². The second-order valence-corrected chi connectivity index (χ2v) is 4.42. The normalized spacial score (nSPS) is 10.1. The van der Waals surface area contributed by atoms with Gasteiger partial charge >= 0.3 is 0 Å². The Labute approximate surface area is 119 Å². The average Bonchev–Trinajstić information content (AvgIpc) is 2.41. The van der Waals surface area contributed by atoms with E-state index >= 15 is 0 Å². The number of nitro benzene ring substituents is 1. The summed E-state index contributed by atoms with van der Waals surface area (Å²) in [7, 11) is 0. The molecule has 102 valence electrons. The molecule has 6 nitrogen and oxygen atoms in total. The van der Waals surface area contributed by atoms with E-state index in [9.17, 15) is 14.9 Å². The number of nitrogens with zero attached hydrogens (tertiary/aromatic N) is 2. The van der Waals surface area contributed by atoms with E-state index in [1.54, 1.807) is 19.2 Å². The first-order chi connectivity index (χ1) is 9.50. The number of nitrogens with one attached hydrogen (secondary N) is 1. The summed E-state index contributed by atoms with van der Waals surface area (Å²) in [4.78, 5) is 26.2. The Hall–Kier alpha value is -2.47. The molecule has 0 spiro atoms. The van der Waals surface area contributed by atoms with Gasteiger partial charge in [0.2, 0.25) is 0 Å². The number of halogens is 1. The van der Waals surface area contributed by atoms with Gasteiger partial charge in [-0.2, -0.15) is 0 Å². The lowest BCUT2D eigenvalue weighted by Crippen LogP contribution is -2.13. The fourth-order valence-corrected chi connectivity index (χ4v) is 1.92. The van der Waals surface area contributed by atoms with Crippen molar-refractivity contribution in [2.75, 3.05) is 5.32 Å². The van der Waals surface area contributed by atoms with Crippen LogP contribution in [0.25, 0.3) is 0 Å². The number of nitro groups is 1. The zero-order valence-corrected chi connectivity index (χ0v) is 11.2. The first-order valence-corrected chi connectivity index (χ1v) is 6.03. The molecule has 0 saturated heterocycles. The SMILES string of the molecule is Cc1cnccc1NC(=O)c1cccc([N+](=O)[O-])c1Cl. The minimum absolute atomic E-state index is 0.0529. The predicted octanol–water partition coefficient (Wildman–Crippen LogP) is 3.20. The molecule has 0 aliphatic carbocycles. The van der Waals surface area contributed by atoms with E-state index in [4.69, 9.17) is 11.6 Å². The summed E-state index contributed by atoms with van der Waals surface area (Å²) in [5.41, 5.74) is 1.11. The van der Waals surface area contributed by atoms with E-state index in [1.165, 1.54) is 24.4 Å². The lowest BCUT2D eigenvalue weighted by Gasteiger charge is -2.08. The van der Waals surface area contributed by atoms with Gasteiger partial charge in [0.05, 0.1) is 10.5 Å². The molecule has 0 bridgehead atoms. The van der Waals surface area contributed by atoms with E-state index in [-0.39, 0.29) is 16.3 Å². The molecule has 0 saturated carbocycles. The Kier molecular flexibility index (Phi) is 3.95. The van der Waals surface area contributed by atoms with Gasteiger partial charge in [0, 0.05) is 24.1 Å². The van der Waals surface area contributed by atoms with Crippen LogP contribution in [-0.2, 0) is 0 Å². The van der Waals surface area contributed by atoms with E-state index in [0.29, 0.717) is 5.69 Å². The van der Waals surface area contributed by atoms with Gasteiger partial charge in [-0.15, -0.1) is 0 Å². The fraction of sp³-hybridized carbons (Fsp3) is 0.0769. The van der Waals surface area contributed by atoms with Crippen molar-refractivity contribution in [3.63, 3.8) is 0 Å². The number of pyridine rings is 1. The van der Waals surface area contributed by atoms with Gasteiger partial charge in [0.25, 0.3) is 11.6 Å². The lowest BCUT2D eigenvalue weighted by atomic mass is 10.1. The van der Waals surface area contributed by atoms with Crippen molar-refractivity contribution < 1.29 is 9.72 Å². The molecule has 1 aromatic heterocycles. The number of rotatable bonds is 3. The highest BCUT2D eigenvalue weighted by Gasteiger charge is 2.20. The molecule has 1 N–H and O–H groups in total. The molecule has 2 aromatic rings. The van der Waals surface area contributed by atoms with Crippen LogP contribution in [0.15, 0.2) is 36.7 Å². The molecule has 0 aliphatic rings. The van der Waals surface area contributed by atoms with Crippen LogP contribution >= 0.6 is 11.6 Å². The van der Waals surface area contributed by atoms with Crippen LogP contribution < -0.4 is 5.32 Å². The summed E-state index contributed by atoms with van der Waals surface area (Å²) in [6.45, 7) is 1.79. The molecule has 1 amide bonds. The number of aryl methyl sites for hydroxylation is 1. The topological polar surface area (TPSA) is 85.1 Å². The van der Waals surface area contributed by atoms with Crippen molar-refractivity contribution in [1.29, 1.82) is 0 Å². The molecular formula is C13H10ClN3O3. The Morgan fingerprint density at radius 2 is 2.15 bits per heavy atom. The molecule has 7 heteroatoms. The second kappa shape index (κ2) is 5.66. The van der Waals surface area contributed by atoms with E-state index in [1.807, 2.05) is 0 Å². The number of benzene rings is 1. The summed E-state index contributed by atoms with van der Waals surface area (Å²) in [5.74, 6) is -0.506. The standard InChI is InChI=1S/C13H10ClN3O3/c1-8-7-15-6-5-10(8)16-13(18)9-3-2-4-11(12(9)14)17(19)20/h2-7H,1H3,(H,15,16,18). The third kappa shape index (κ3) is 2.75. The quantitative estimate of drug-likeness (QED) is 0.695. The van der Waals surface area contributed by atoms with Crippen LogP contribution in [0, 0.1) is 17.0 Å². The minimum atomic E-state index is -0.628. The smallest absolute Gasteiger partial charge is 0.288 e. The van der Waals surface area contributed by atoms with Gasteiger partial charge < -0.3 is 5.32 Å². The van der Waals surface area contributed by atoms with Crippen LogP contribution in [0.4, 0.5) is 11.4 Å². The first-order valence-electron chi connectivity index (χ1n) is 5.65. The van der Waals surface area contributed by atoms with Gasteiger partial charge in [-0.25, -0.2) is 0 Å². The third-order valence-electron chi connectivity index (χ3n) is 2.69. The Balaban J connectivity index is 2.33. The second-order valence-electron chi connectivity index (χ2n) is 4.04. The van der Waals surface area contributed by atoms with Gasteiger partial charge in [0.15, 0.2) is 0 Å². The molecule has 0 aliphatic heterocycles. The van der Waals surface area contributed by atoms with Gasteiger partial charge in [-0.1, -0.05) is 17.7 Å². The first kappa shape index (κ1) is 14.0. The molecule has 0 unspecified atom stereocenters. The summed E-state index contributed by atoms with van der Waals surface area (Å²) in [6, 6.07) is 5.73. The van der Waals surface area contributed by atoms with Crippen molar-refractivity contribution in [2.45, 2.75) is 6.92 Å². The Morgan fingerprint density at radius 3 is 2.80 bits per heavy atom. The third-order valence-corrected chi connectivity index (χ3v) is 3.09. The molecule has 0 atom stereocenters. The number of carbonyl (C=O) groups is 1. The maximum Gasteiger partial charge on any atom is 0.288 e. The summed E-state index contributed by atoms with van der Waals surface area (Å²) < 4.78 is 0. The monoisotopic (exact) mass is 291 g/mol. The highest BCUT2D eigenvalue weighted by molar-refractivity contribution is 6.36. The predicted molar refractivity (Wildman–Crippen MR) is 75.0 cm³/mol. The van der Waals surface area contributed by atoms with Crippen LogP contribution in [0.3, 0.4) is 0 Å². The highest BCUT2D eigenvalue weighted by Crippen LogP contribution is 2.28. The minimum Gasteiger partial charge on any atom is -0.322 e. The maximum atomic E-state index is 12.1. The summed E-state index contributed by atoms with van der Waals surface area (Å²) in [6.07, 6.45) is 3.14.